The highest BCUT2D eigenvalue weighted by atomic mass is 79.9. The minimum absolute atomic E-state index is 0.526. The summed E-state index contributed by atoms with van der Waals surface area (Å²) in [5.41, 5.74) is 1.94. The molecule has 0 unspecified atom stereocenters. The van der Waals surface area contributed by atoms with Gasteiger partial charge in [-0.3, -0.25) is 0 Å². The van der Waals surface area contributed by atoms with E-state index < -0.39 is 0 Å². The Labute approximate surface area is 96.8 Å². The molecule has 1 aromatic heterocycles. The predicted molar refractivity (Wildman–Crippen MR) is 62.0 cm³/mol. The molecule has 0 saturated heterocycles. The summed E-state index contributed by atoms with van der Waals surface area (Å²) in [7, 11) is 1.66. The van der Waals surface area contributed by atoms with Gasteiger partial charge in [0.25, 0.3) is 0 Å². The summed E-state index contributed by atoms with van der Waals surface area (Å²) in [6.07, 6.45) is 0. The summed E-state index contributed by atoms with van der Waals surface area (Å²) < 4.78 is 7.81. The number of para-hydroxylation sites is 1. The lowest BCUT2D eigenvalue weighted by molar-refractivity contribution is 0.181. The molecule has 78 valence electrons. The number of ether oxygens (including phenoxy) is 1. The number of aromatic nitrogens is 2. The van der Waals surface area contributed by atoms with Gasteiger partial charge in [-0.1, -0.05) is 18.2 Å². The van der Waals surface area contributed by atoms with Gasteiger partial charge in [0.05, 0.1) is 18.0 Å². The fourth-order valence-corrected chi connectivity index (χ4v) is 1.92. The number of nitrogens with zero attached hydrogens (tertiary/aromatic N) is 2. The third kappa shape index (κ3) is 2.27. The zero-order valence-electron chi connectivity index (χ0n) is 8.35. The van der Waals surface area contributed by atoms with Crippen molar-refractivity contribution in [2.24, 2.45) is 0 Å². The van der Waals surface area contributed by atoms with E-state index in [2.05, 4.69) is 21.0 Å². The van der Waals surface area contributed by atoms with Crippen LogP contribution in [-0.2, 0) is 11.3 Å². The monoisotopic (exact) mass is 266 g/mol. The topological polar surface area (TPSA) is 27.1 Å². The normalized spacial score (nSPS) is 10.5. The van der Waals surface area contributed by atoms with Crippen molar-refractivity contribution in [3.05, 3.63) is 46.7 Å². The number of halogens is 1. The van der Waals surface area contributed by atoms with Crippen LogP contribution in [0.2, 0.25) is 0 Å². The van der Waals surface area contributed by atoms with Crippen molar-refractivity contribution in [1.82, 2.24) is 9.78 Å². The zero-order chi connectivity index (χ0) is 10.7. The van der Waals surface area contributed by atoms with Crippen molar-refractivity contribution in [1.29, 1.82) is 0 Å². The molecule has 0 fully saturated rings. The largest absolute Gasteiger partial charge is 0.378 e. The Kier molecular flexibility index (Phi) is 3.18. The fourth-order valence-electron chi connectivity index (χ4n) is 1.37. The number of methoxy groups -OCH3 is 1. The first-order valence-corrected chi connectivity index (χ1v) is 5.39. The number of benzene rings is 1. The van der Waals surface area contributed by atoms with E-state index in [-0.39, 0.29) is 0 Å². The molecule has 3 nitrogen and oxygen atoms in total. The van der Waals surface area contributed by atoms with Crippen molar-refractivity contribution in [2.45, 2.75) is 6.61 Å². The van der Waals surface area contributed by atoms with Gasteiger partial charge in [-0.2, -0.15) is 5.10 Å². The van der Waals surface area contributed by atoms with Crippen molar-refractivity contribution in [3.8, 4) is 5.69 Å². The van der Waals surface area contributed by atoms with E-state index in [1.54, 1.807) is 7.11 Å². The highest BCUT2D eigenvalue weighted by Crippen LogP contribution is 2.17. The van der Waals surface area contributed by atoms with Gasteiger partial charge >= 0.3 is 0 Å². The van der Waals surface area contributed by atoms with Crippen LogP contribution in [-0.4, -0.2) is 16.9 Å². The number of rotatable bonds is 3. The van der Waals surface area contributed by atoms with Crippen molar-refractivity contribution >= 4 is 15.9 Å². The van der Waals surface area contributed by atoms with Gasteiger partial charge in [0.15, 0.2) is 0 Å². The molecule has 0 aliphatic rings. The molecular weight excluding hydrogens is 256 g/mol. The summed E-state index contributed by atoms with van der Waals surface area (Å²) in [6.45, 7) is 0.526. The van der Waals surface area contributed by atoms with Crippen LogP contribution in [0.25, 0.3) is 5.69 Å². The average molecular weight is 267 g/mol. The fraction of sp³-hybridized carbons (Fsp3) is 0.182. The molecule has 0 radical (unpaired) electrons. The molecule has 2 aromatic rings. The maximum atomic E-state index is 5.04. The van der Waals surface area contributed by atoms with E-state index in [0.717, 1.165) is 16.0 Å². The highest BCUT2D eigenvalue weighted by molar-refractivity contribution is 9.10. The summed E-state index contributed by atoms with van der Waals surface area (Å²) >= 11 is 3.47. The second-order valence-electron chi connectivity index (χ2n) is 3.14. The van der Waals surface area contributed by atoms with Crippen LogP contribution in [0.4, 0.5) is 0 Å². The van der Waals surface area contributed by atoms with Crippen LogP contribution in [0, 0.1) is 0 Å². The lowest BCUT2D eigenvalue weighted by Gasteiger charge is -2.01. The SMILES string of the molecule is COCc1cc(Br)n(-c2ccccc2)n1. The molecular formula is C11H11BrN2O. The van der Waals surface area contributed by atoms with Crippen LogP contribution >= 0.6 is 15.9 Å². The minimum Gasteiger partial charge on any atom is -0.378 e. The van der Waals surface area contributed by atoms with Crippen LogP contribution in [0.3, 0.4) is 0 Å². The van der Waals surface area contributed by atoms with E-state index in [1.807, 2.05) is 41.1 Å². The Bertz CT molecular complexity index is 439. The Morgan fingerprint density at radius 1 is 1.33 bits per heavy atom. The maximum Gasteiger partial charge on any atom is 0.110 e. The third-order valence-corrected chi connectivity index (χ3v) is 2.57. The molecule has 0 spiro atoms. The molecule has 0 N–H and O–H groups in total. The van der Waals surface area contributed by atoms with E-state index >= 15 is 0 Å². The quantitative estimate of drug-likeness (QED) is 0.855. The molecule has 0 atom stereocenters. The molecule has 1 heterocycles. The van der Waals surface area contributed by atoms with Crippen molar-refractivity contribution in [2.75, 3.05) is 7.11 Å². The zero-order valence-corrected chi connectivity index (χ0v) is 9.94. The maximum absolute atomic E-state index is 5.04. The van der Waals surface area contributed by atoms with Crippen LogP contribution in [0.15, 0.2) is 41.0 Å². The number of hydrogen-bond acceptors (Lipinski definition) is 2. The first-order valence-electron chi connectivity index (χ1n) is 4.60. The molecule has 4 heteroatoms. The average Bonchev–Trinajstić information content (AvgIpc) is 2.61. The standard InChI is InChI=1S/C11H11BrN2O/c1-15-8-9-7-11(12)14(13-9)10-5-3-2-4-6-10/h2-7H,8H2,1H3. The second-order valence-corrected chi connectivity index (χ2v) is 3.95. The third-order valence-electron chi connectivity index (χ3n) is 2.01. The van der Waals surface area contributed by atoms with E-state index in [4.69, 9.17) is 4.74 Å². The smallest absolute Gasteiger partial charge is 0.110 e. The summed E-state index contributed by atoms with van der Waals surface area (Å²) in [5.74, 6) is 0. The molecule has 0 aliphatic heterocycles. The summed E-state index contributed by atoms with van der Waals surface area (Å²) in [4.78, 5) is 0. The summed E-state index contributed by atoms with van der Waals surface area (Å²) in [5, 5.41) is 4.41. The van der Waals surface area contributed by atoms with Crippen LogP contribution in [0.5, 0.6) is 0 Å². The first-order chi connectivity index (χ1) is 7.31. The van der Waals surface area contributed by atoms with Crippen molar-refractivity contribution < 1.29 is 4.74 Å². The van der Waals surface area contributed by atoms with E-state index in [0.29, 0.717) is 6.61 Å². The van der Waals surface area contributed by atoms with E-state index in [9.17, 15) is 0 Å². The Hall–Kier alpha value is -1.13. The van der Waals surface area contributed by atoms with Gasteiger partial charge in [0.2, 0.25) is 0 Å². The Morgan fingerprint density at radius 3 is 2.73 bits per heavy atom. The molecule has 0 aliphatic carbocycles. The molecule has 2 rings (SSSR count). The number of hydrogen-bond donors (Lipinski definition) is 0. The van der Waals surface area contributed by atoms with Crippen LogP contribution < -0.4 is 0 Å². The highest BCUT2D eigenvalue weighted by Gasteiger charge is 2.06. The minimum atomic E-state index is 0.526. The lowest BCUT2D eigenvalue weighted by Crippen LogP contribution is -1.97. The molecule has 0 amide bonds. The molecule has 15 heavy (non-hydrogen) atoms. The Morgan fingerprint density at radius 2 is 2.07 bits per heavy atom. The van der Waals surface area contributed by atoms with Gasteiger partial charge in [0.1, 0.15) is 4.60 Å². The van der Waals surface area contributed by atoms with E-state index in [1.165, 1.54) is 0 Å². The van der Waals surface area contributed by atoms with Gasteiger partial charge in [0, 0.05) is 7.11 Å². The second kappa shape index (κ2) is 4.59. The molecule has 1 aromatic carbocycles. The van der Waals surface area contributed by atoms with Gasteiger partial charge < -0.3 is 4.74 Å². The first kappa shape index (κ1) is 10.4. The molecule has 0 saturated carbocycles. The molecule has 0 bridgehead atoms. The van der Waals surface area contributed by atoms with Gasteiger partial charge in [-0.05, 0) is 34.1 Å². The van der Waals surface area contributed by atoms with Gasteiger partial charge in [-0.15, -0.1) is 0 Å². The predicted octanol–water partition coefficient (Wildman–Crippen LogP) is 2.78. The van der Waals surface area contributed by atoms with Crippen molar-refractivity contribution in [3.63, 3.8) is 0 Å². The lowest BCUT2D eigenvalue weighted by atomic mass is 10.3. The van der Waals surface area contributed by atoms with Gasteiger partial charge in [-0.25, -0.2) is 4.68 Å². The summed E-state index contributed by atoms with van der Waals surface area (Å²) in [6, 6.07) is 11.9. The van der Waals surface area contributed by atoms with Crippen LogP contribution in [0.1, 0.15) is 5.69 Å². The Balaban J connectivity index is 2.36.